The van der Waals surface area contributed by atoms with Gasteiger partial charge in [0.25, 0.3) is 0 Å². The van der Waals surface area contributed by atoms with Crippen LogP contribution in [-0.2, 0) is 11.3 Å². The molecule has 0 bridgehead atoms. The number of para-hydroxylation sites is 2. The highest BCUT2D eigenvalue weighted by Gasteiger charge is 2.46. The Morgan fingerprint density at radius 2 is 1.92 bits per heavy atom. The maximum atomic E-state index is 12.6. The first-order valence-corrected chi connectivity index (χ1v) is 8.76. The molecule has 1 amide bonds. The molecule has 0 saturated heterocycles. The van der Waals surface area contributed by atoms with Crippen LogP contribution < -0.4 is 10.6 Å². The van der Waals surface area contributed by atoms with E-state index in [1.54, 1.807) is 0 Å². The van der Waals surface area contributed by atoms with Crippen LogP contribution in [0.15, 0.2) is 54.9 Å². The summed E-state index contributed by atoms with van der Waals surface area (Å²) in [6.07, 6.45) is 2.28. The van der Waals surface area contributed by atoms with Gasteiger partial charge in [0.15, 0.2) is 0 Å². The van der Waals surface area contributed by atoms with Crippen LogP contribution in [0.25, 0.3) is 0 Å². The van der Waals surface area contributed by atoms with Crippen molar-refractivity contribution < 1.29 is 4.79 Å². The van der Waals surface area contributed by atoms with Crippen molar-refractivity contribution in [3.05, 3.63) is 71.8 Å². The summed E-state index contributed by atoms with van der Waals surface area (Å²) in [5, 5.41) is 13.2. The van der Waals surface area contributed by atoms with Gasteiger partial charge in [0.1, 0.15) is 12.2 Å². The van der Waals surface area contributed by atoms with E-state index in [1.807, 2.05) is 36.4 Å². The number of rotatable bonds is 6. The molecule has 0 unspecified atom stereocenters. The molecule has 26 heavy (non-hydrogen) atoms. The second-order valence-corrected chi connectivity index (χ2v) is 6.63. The van der Waals surface area contributed by atoms with Crippen molar-refractivity contribution in [1.82, 2.24) is 15.2 Å². The van der Waals surface area contributed by atoms with Crippen LogP contribution >= 0.6 is 0 Å². The normalized spacial score (nSPS) is 18.3. The van der Waals surface area contributed by atoms with Crippen LogP contribution in [0.3, 0.4) is 0 Å². The van der Waals surface area contributed by atoms with E-state index in [9.17, 15) is 4.79 Å². The number of nitrogens with one attached hydrogen (secondary N) is 3. The molecule has 0 spiro atoms. The summed E-state index contributed by atoms with van der Waals surface area (Å²) < 4.78 is 0. The third-order valence-corrected chi connectivity index (χ3v) is 4.83. The molecule has 0 radical (unpaired) electrons. The zero-order valence-corrected chi connectivity index (χ0v) is 14.6. The van der Waals surface area contributed by atoms with Crippen LogP contribution in [0.5, 0.6) is 0 Å². The van der Waals surface area contributed by atoms with Gasteiger partial charge in [0, 0.05) is 18.4 Å². The van der Waals surface area contributed by atoms with E-state index in [0.29, 0.717) is 6.54 Å². The third-order valence-electron chi connectivity index (χ3n) is 4.83. The van der Waals surface area contributed by atoms with Crippen molar-refractivity contribution >= 4 is 17.3 Å². The first kappa shape index (κ1) is 16.3. The fraction of sp³-hybridized carbons (Fsp3) is 0.250. The summed E-state index contributed by atoms with van der Waals surface area (Å²) >= 11 is 0. The first-order valence-electron chi connectivity index (χ1n) is 8.76. The Bertz CT molecular complexity index is 906. The minimum Gasteiger partial charge on any atom is -0.379 e. The standard InChI is InChI=1S/C20H21N5O/c1-13-6-2-3-7-14(13)11-21-17-8-4-5-9-18(17)24-20(26)16-10-15(16)19-22-12-23-25-19/h2-9,12,15-16,21H,10-11H2,1H3,(H,24,26)(H,22,23,25)/t15-,16-/m1/s1. The summed E-state index contributed by atoms with van der Waals surface area (Å²) in [6, 6.07) is 16.1. The van der Waals surface area contributed by atoms with E-state index in [2.05, 4.69) is 44.9 Å². The molecule has 1 saturated carbocycles. The molecule has 0 aliphatic heterocycles. The van der Waals surface area contributed by atoms with Crippen LogP contribution in [-0.4, -0.2) is 21.1 Å². The van der Waals surface area contributed by atoms with Gasteiger partial charge in [-0.2, -0.15) is 5.10 Å². The maximum absolute atomic E-state index is 12.6. The quantitative estimate of drug-likeness (QED) is 0.638. The number of hydrogen-bond acceptors (Lipinski definition) is 4. The van der Waals surface area contributed by atoms with E-state index in [1.165, 1.54) is 17.5 Å². The molecular formula is C20H21N5O. The Balaban J connectivity index is 1.41. The van der Waals surface area contributed by atoms with Crippen LogP contribution in [0.1, 0.15) is 29.3 Å². The number of aryl methyl sites for hydroxylation is 1. The molecule has 2 atom stereocenters. The molecule has 3 aromatic rings. The number of carbonyl (C=O) groups is 1. The zero-order valence-electron chi connectivity index (χ0n) is 14.6. The topological polar surface area (TPSA) is 82.7 Å². The fourth-order valence-corrected chi connectivity index (χ4v) is 3.15. The Labute approximate surface area is 152 Å². The summed E-state index contributed by atoms with van der Waals surface area (Å²) in [5.41, 5.74) is 4.20. The lowest BCUT2D eigenvalue weighted by molar-refractivity contribution is -0.117. The van der Waals surface area contributed by atoms with Gasteiger partial charge in [-0.1, -0.05) is 36.4 Å². The van der Waals surface area contributed by atoms with Gasteiger partial charge < -0.3 is 10.6 Å². The van der Waals surface area contributed by atoms with Gasteiger partial charge in [0.2, 0.25) is 5.91 Å². The molecule has 4 rings (SSSR count). The van der Waals surface area contributed by atoms with Crippen molar-refractivity contribution in [3.8, 4) is 0 Å². The largest absolute Gasteiger partial charge is 0.379 e. The van der Waals surface area contributed by atoms with Gasteiger partial charge in [-0.15, -0.1) is 0 Å². The molecule has 1 fully saturated rings. The number of benzene rings is 2. The molecule has 1 aliphatic carbocycles. The van der Waals surface area contributed by atoms with Crippen molar-refractivity contribution in [1.29, 1.82) is 0 Å². The van der Waals surface area contributed by atoms with Crippen LogP contribution in [0.2, 0.25) is 0 Å². The molecular weight excluding hydrogens is 326 g/mol. The molecule has 2 aromatic carbocycles. The summed E-state index contributed by atoms with van der Waals surface area (Å²) in [7, 11) is 0. The Morgan fingerprint density at radius 3 is 2.69 bits per heavy atom. The van der Waals surface area contributed by atoms with Crippen molar-refractivity contribution in [2.24, 2.45) is 5.92 Å². The Morgan fingerprint density at radius 1 is 1.15 bits per heavy atom. The van der Waals surface area contributed by atoms with Crippen LogP contribution in [0.4, 0.5) is 11.4 Å². The number of hydrogen-bond donors (Lipinski definition) is 3. The van der Waals surface area contributed by atoms with Gasteiger partial charge >= 0.3 is 0 Å². The van der Waals surface area contributed by atoms with Gasteiger partial charge in [-0.25, -0.2) is 4.98 Å². The number of carbonyl (C=O) groups excluding carboxylic acids is 1. The predicted octanol–water partition coefficient (Wildman–Crippen LogP) is 3.47. The molecule has 6 heteroatoms. The van der Waals surface area contributed by atoms with Crippen molar-refractivity contribution in [3.63, 3.8) is 0 Å². The lowest BCUT2D eigenvalue weighted by Gasteiger charge is -2.14. The molecule has 1 heterocycles. The Hall–Kier alpha value is -3.15. The highest BCUT2D eigenvalue weighted by molar-refractivity contribution is 5.97. The van der Waals surface area contributed by atoms with E-state index >= 15 is 0 Å². The monoisotopic (exact) mass is 347 g/mol. The smallest absolute Gasteiger partial charge is 0.228 e. The third kappa shape index (κ3) is 3.44. The van der Waals surface area contributed by atoms with E-state index < -0.39 is 0 Å². The fourth-order valence-electron chi connectivity index (χ4n) is 3.15. The molecule has 6 nitrogen and oxygen atoms in total. The minimum atomic E-state index is -0.0487. The van der Waals surface area contributed by atoms with Gasteiger partial charge in [0.05, 0.1) is 11.4 Å². The maximum Gasteiger partial charge on any atom is 0.228 e. The molecule has 1 aliphatic rings. The molecule has 132 valence electrons. The number of amides is 1. The second-order valence-electron chi connectivity index (χ2n) is 6.63. The summed E-state index contributed by atoms with van der Waals surface area (Å²) in [5.74, 6) is 0.907. The highest BCUT2D eigenvalue weighted by Crippen LogP contribution is 2.46. The SMILES string of the molecule is Cc1ccccc1CNc1ccccc1NC(=O)[C@@H]1C[C@H]1c1ncn[nH]1. The number of nitrogens with zero attached hydrogens (tertiary/aromatic N) is 2. The number of H-pyrrole nitrogens is 1. The van der Waals surface area contributed by atoms with E-state index in [4.69, 9.17) is 0 Å². The molecule has 1 aromatic heterocycles. The lowest BCUT2D eigenvalue weighted by Crippen LogP contribution is -2.16. The zero-order chi connectivity index (χ0) is 17.9. The second kappa shape index (κ2) is 7.00. The van der Waals surface area contributed by atoms with E-state index in [0.717, 1.165) is 23.6 Å². The predicted molar refractivity (Wildman–Crippen MR) is 101 cm³/mol. The molecule has 3 N–H and O–H groups in total. The summed E-state index contributed by atoms with van der Waals surface area (Å²) in [6.45, 7) is 2.81. The van der Waals surface area contributed by atoms with Crippen molar-refractivity contribution in [2.45, 2.75) is 25.8 Å². The minimum absolute atomic E-state index is 0.0246. The van der Waals surface area contributed by atoms with E-state index in [-0.39, 0.29) is 17.7 Å². The average molecular weight is 347 g/mol. The number of anilines is 2. The van der Waals surface area contributed by atoms with Gasteiger partial charge in [-0.3, -0.25) is 9.89 Å². The van der Waals surface area contributed by atoms with Gasteiger partial charge in [-0.05, 0) is 36.6 Å². The number of aromatic amines is 1. The van der Waals surface area contributed by atoms with Crippen molar-refractivity contribution in [2.75, 3.05) is 10.6 Å². The average Bonchev–Trinajstić information content (AvgIpc) is 3.27. The highest BCUT2D eigenvalue weighted by atomic mass is 16.2. The first-order chi connectivity index (χ1) is 12.7. The Kier molecular flexibility index (Phi) is 4.39. The van der Waals surface area contributed by atoms with Crippen LogP contribution in [0, 0.1) is 12.8 Å². The summed E-state index contributed by atoms with van der Waals surface area (Å²) in [4.78, 5) is 16.7. The lowest BCUT2D eigenvalue weighted by atomic mass is 10.1. The number of aromatic nitrogens is 3.